The van der Waals surface area contributed by atoms with Gasteiger partial charge in [-0.25, -0.2) is 0 Å². The van der Waals surface area contributed by atoms with Crippen molar-refractivity contribution in [2.75, 3.05) is 0 Å². The van der Waals surface area contributed by atoms with Gasteiger partial charge >= 0.3 is 0 Å². The smallest absolute Gasteiger partial charge is 0.143 e. The van der Waals surface area contributed by atoms with E-state index >= 15 is 0 Å². The van der Waals surface area contributed by atoms with E-state index in [0.29, 0.717) is 0 Å². The van der Waals surface area contributed by atoms with Crippen LogP contribution in [0.15, 0.2) is 191 Å². The molecule has 0 aliphatic heterocycles. The Kier molecular flexibility index (Phi) is 6.53. The molecule has 0 unspecified atom stereocenters. The van der Waals surface area contributed by atoms with Crippen molar-refractivity contribution in [1.29, 1.82) is 0 Å². The van der Waals surface area contributed by atoms with Gasteiger partial charge in [-0.15, -0.1) is 0 Å². The quantitative estimate of drug-likeness (QED) is 0.187. The van der Waals surface area contributed by atoms with Gasteiger partial charge in [-0.05, 0) is 92.5 Å². The Morgan fingerprint density at radius 3 is 1.46 bits per heavy atom. The molecule has 2 heterocycles. The number of hydrogen-bond donors (Lipinski definition) is 0. The first kappa shape index (κ1) is 28.4. The highest BCUT2D eigenvalue weighted by molar-refractivity contribution is 6.16. The Hall–Kier alpha value is -6.64. The molecule has 0 saturated carbocycles. The summed E-state index contributed by atoms with van der Waals surface area (Å²) in [6, 6.07) is 64.5. The van der Waals surface area contributed by atoms with Gasteiger partial charge in [-0.1, -0.05) is 140 Å². The second-order valence-corrected chi connectivity index (χ2v) is 12.9. The topological polar surface area (TPSA) is 26.3 Å². The lowest BCUT2D eigenvalue weighted by molar-refractivity contribution is 0.668. The molecule has 0 radical (unpaired) electrons. The molecule has 0 fully saturated rings. The van der Waals surface area contributed by atoms with Crippen molar-refractivity contribution >= 4 is 43.9 Å². The molecule has 8 aromatic carbocycles. The summed E-state index contributed by atoms with van der Waals surface area (Å²) in [4.78, 5) is 0. The standard InChI is InChI=1S/C48H30O2/c1-3-12-31(13-4-1)33-22-24-34(25-23-33)36-26-35(32-14-5-2-6-15-32)27-37(28-36)43-29-38(30-46-47(43)42-17-8-10-21-45(42)49-46)39-18-11-19-41-40-16-7-9-20-44(40)50-48(39)41/h1-30H. The van der Waals surface area contributed by atoms with Gasteiger partial charge in [0, 0.05) is 27.1 Å². The normalized spacial score (nSPS) is 11.6. The van der Waals surface area contributed by atoms with Gasteiger partial charge in [0.15, 0.2) is 0 Å². The first-order valence-electron chi connectivity index (χ1n) is 17.0. The van der Waals surface area contributed by atoms with Gasteiger partial charge in [-0.3, -0.25) is 0 Å². The SMILES string of the molecule is c1ccc(-c2ccc(-c3cc(-c4ccccc4)cc(-c4cc(-c5cccc6c5oc5ccccc56)cc5oc6ccccc6c45)c3)cc2)cc1. The average Bonchev–Trinajstić information content (AvgIpc) is 3.77. The zero-order chi connectivity index (χ0) is 33.0. The second-order valence-electron chi connectivity index (χ2n) is 12.9. The molecule has 2 heteroatoms. The molecule has 0 aliphatic carbocycles. The Bertz CT molecular complexity index is 2840. The largest absolute Gasteiger partial charge is 0.456 e. The molecule has 0 spiro atoms. The van der Waals surface area contributed by atoms with Crippen LogP contribution in [0.2, 0.25) is 0 Å². The van der Waals surface area contributed by atoms with Crippen molar-refractivity contribution in [3.8, 4) is 55.6 Å². The number of benzene rings is 8. The lowest BCUT2D eigenvalue weighted by Gasteiger charge is -2.14. The zero-order valence-electron chi connectivity index (χ0n) is 27.1. The van der Waals surface area contributed by atoms with Gasteiger partial charge in [0.25, 0.3) is 0 Å². The van der Waals surface area contributed by atoms with Crippen LogP contribution in [0.4, 0.5) is 0 Å². The summed E-state index contributed by atoms with van der Waals surface area (Å²) in [6.45, 7) is 0. The minimum absolute atomic E-state index is 0.852. The fourth-order valence-corrected chi connectivity index (χ4v) is 7.44. The summed E-state index contributed by atoms with van der Waals surface area (Å²) < 4.78 is 13.1. The monoisotopic (exact) mass is 638 g/mol. The third-order valence-corrected chi connectivity index (χ3v) is 9.87. The van der Waals surface area contributed by atoms with E-state index in [1.165, 1.54) is 22.3 Å². The molecule has 0 amide bonds. The number of furan rings is 2. The van der Waals surface area contributed by atoms with E-state index in [2.05, 4.69) is 164 Å². The molecule has 0 saturated heterocycles. The summed E-state index contributed by atoms with van der Waals surface area (Å²) in [7, 11) is 0. The Morgan fingerprint density at radius 1 is 0.260 bits per heavy atom. The molecule has 0 atom stereocenters. The van der Waals surface area contributed by atoms with Crippen LogP contribution in [0.1, 0.15) is 0 Å². The van der Waals surface area contributed by atoms with E-state index in [1.807, 2.05) is 18.2 Å². The molecule has 0 N–H and O–H groups in total. The summed E-state index contributed by atoms with van der Waals surface area (Å²) in [5.41, 5.74) is 14.9. The van der Waals surface area contributed by atoms with Crippen LogP contribution in [0.5, 0.6) is 0 Å². The van der Waals surface area contributed by atoms with E-state index < -0.39 is 0 Å². The van der Waals surface area contributed by atoms with Gasteiger partial charge in [-0.2, -0.15) is 0 Å². The summed E-state index contributed by atoms with van der Waals surface area (Å²) in [5, 5.41) is 4.44. The molecule has 10 aromatic rings. The van der Waals surface area contributed by atoms with Crippen LogP contribution in [0.25, 0.3) is 99.5 Å². The van der Waals surface area contributed by atoms with Gasteiger partial charge in [0.2, 0.25) is 0 Å². The third-order valence-electron chi connectivity index (χ3n) is 9.87. The summed E-state index contributed by atoms with van der Waals surface area (Å²) in [5.74, 6) is 0. The highest BCUT2D eigenvalue weighted by Crippen LogP contribution is 2.44. The van der Waals surface area contributed by atoms with Crippen molar-refractivity contribution in [3.05, 3.63) is 182 Å². The molecular formula is C48H30O2. The van der Waals surface area contributed by atoms with Crippen molar-refractivity contribution < 1.29 is 8.83 Å². The number of fused-ring (bicyclic) bond motifs is 6. The van der Waals surface area contributed by atoms with Crippen LogP contribution >= 0.6 is 0 Å². The second kappa shape index (κ2) is 11.5. The number of rotatable bonds is 5. The van der Waals surface area contributed by atoms with Crippen LogP contribution in [-0.4, -0.2) is 0 Å². The van der Waals surface area contributed by atoms with E-state index in [1.54, 1.807) is 0 Å². The molecular weight excluding hydrogens is 609 g/mol. The van der Waals surface area contributed by atoms with E-state index in [0.717, 1.165) is 77.3 Å². The van der Waals surface area contributed by atoms with Crippen molar-refractivity contribution in [3.63, 3.8) is 0 Å². The van der Waals surface area contributed by atoms with Gasteiger partial charge in [0.1, 0.15) is 22.3 Å². The molecule has 234 valence electrons. The van der Waals surface area contributed by atoms with Crippen LogP contribution in [0, 0.1) is 0 Å². The van der Waals surface area contributed by atoms with Crippen LogP contribution in [0.3, 0.4) is 0 Å². The van der Waals surface area contributed by atoms with Crippen molar-refractivity contribution in [1.82, 2.24) is 0 Å². The predicted octanol–water partition coefficient (Wildman–Crippen LogP) is 13.8. The molecule has 0 aliphatic rings. The number of para-hydroxylation sites is 3. The lowest BCUT2D eigenvalue weighted by Crippen LogP contribution is -1.89. The Morgan fingerprint density at radius 2 is 0.760 bits per heavy atom. The van der Waals surface area contributed by atoms with E-state index in [4.69, 9.17) is 8.83 Å². The third kappa shape index (κ3) is 4.73. The average molecular weight is 639 g/mol. The minimum atomic E-state index is 0.852. The van der Waals surface area contributed by atoms with Gasteiger partial charge in [0.05, 0.1) is 0 Å². The van der Waals surface area contributed by atoms with Crippen LogP contribution in [-0.2, 0) is 0 Å². The maximum atomic E-state index is 6.60. The van der Waals surface area contributed by atoms with E-state index in [9.17, 15) is 0 Å². The highest BCUT2D eigenvalue weighted by Gasteiger charge is 2.19. The van der Waals surface area contributed by atoms with Crippen LogP contribution < -0.4 is 0 Å². The summed E-state index contributed by atoms with van der Waals surface area (Å²) in [6.07, 6.45) is 0. The highest BCUT2D eigenvalue weighted by atomic mass is 16.3. The fourth-order valence-electron chi connectivity index (χ4n) is 7.44. The molecule has 2 aromatic heterocycles. The first-order valence-corrected chi connectivity index (χ1v) is 17.0. The Labute approximate surface area is 289 Å². The lowest BCUT2D eigenvalue weighted by atomic mass is 9.89. The maximum Gasteiger partial charge on any atom is 0.143 e. The Balaban J connectivity index is 1.23. The molecule has 2 nitrogen and oxygen atoms in total. The molecule has 0 bridgehead atoms. The number of hydrogen-bond acceptors (Lipinski definition) is 2. The first-order chi connectivity index (χ1) is 24.8. The maximum absolute atomic E-state index is 6.60. The van der Waals surface area contributed by atoms with Gasteiger partial charge < -0.3 is 8.83 Å². The van der Waals surface area contributed by atoms with E-state index in [-0.39, 0.29) is 0 Å². The molecule has 50 heavy (non-hydrogen) atoms. The predicted molar refractivity (Wildman–Crippen MR) is 208 cm³/mol. The molecule has 10 rings (SSSR count). The van der Waals surface area contributed by atoms with Crippen molar-refractivity contribution in [2.45, 2.75) is 0 Å². The minimum Gasteiger partial charge on any atom is -0.456 e. The zero-order valence-corrected chi connectivity index (χ0v) is 27.1. The fraction of sp³-hybridized carbons (Fsp3) is 0. The summed E-state index contributed by atoms with van der Waals surface area (Å²) >= 11 is 0. The van der Waals surface area contributed by atoms with Crippen molar-refractivity contribution in [2.24, 2.45) is 0 Å².